The van der Waals surface area contributed by atoms with Crippen LogP contribution in [0, 0.1) is 0 Å². The van der Waals surface area contributed by atoms with E-state index in [-0.39, 0.29) is 11.5 Å². The average Bonchev–Trinajstić information content (AvgIpc) is 3.36. The molecule has 3 aromatic rings. The number of ketones is 1. The number of carbonyl (C=O) groups excluding carboxylic acids is 2. The summed E-state index contributed by atoms with van der Waals surface area (Å²) in [5.74, 6) is -0.658. The van der Waals surface area contributed by atoms with Gasteiger partial charge < -0.3 is 14.5 Å². The number of alkyl halides is 2. The summed E-state index contributed by atoms with van der Waals surface area (Å²) in [5, 5.41) is 0. The van der Waals surface area contributed by atoms with Gasteiger partial charge in [0.2, 0.25) is 5.78 Å². The number of nitrogens with one attached hydrogen (secondary N) is 1. The summed E-state index contributed by atoms with van der Waals surface area (Å²) in [5.41, 5.74) is 3.00. The predicted octanol–water partition coefficient (Wildman–Crippen LogP) is 7.30. The largest absolute Gasteiger partial charge is 0.465 e. The molecule has 0 unspecified atom stereocenters. The highest BCUT2D eigenvalue weighted by atomic mass is 19.3. The van der Waals surface area contributed by atoms with Crippen LogP contribution in [0.3, 0.4) is 0 Å². The topological polar surface area (TPSA) is 68.4 Å². The van der Waals surface area contributed by atoms with E-state index < -0.39 is 12.6 Å². The minimum Gasteiger partial charge on any atom is -0.465 e. The minimum atomic E-state index is -2.91. The molecule has 186 valence electrons. The van der Waals surface area contributed by atoms with Gasteiger partial charge in [0.25, 0.3) is 0 Å². The summed E-state index contributed by atoms with van der Waals surface area (Å²) < 4.78 is 33.3. The lowest BCUT2D eigenvalue weighted by Gasteiger charge is -2.05. The van der Waals surface area contributed by atoms with Crippen molar-refractivity contribution in [2.75, 3.05) is 7.11 Å². The monoisotopic (exact) mass is 475 g/mol. The number of esters is 1. The van der Waals surface area contributed by atoms with E-state index >= 15 is 0 Å². The number of aromatic amines is 1. The fraction of sp³-hybridized carbons (Fsp3) is 0.333. The van der Waals surface area contributed by atoms with Crippen molar-refractivity contribution < 1.29 is 27.8 Å². The second-order valence-electron chi connectivity index (χ2n) is 5.99. The lowest BCUT2D eigenvalue weighted by Crippen LogP contribution is -2.04. The zero-order chi connectivity index (χ0) is 26.1. The smallest absolute Gasteiger partial charge is 0.387 e. The Balaban J connectivity index is 0.00000168. The van der Waals surface area contributed by atoms with Gasteiger partial charge in [0.15, 0.2) is 0 Å². The highest BCUT2D eigenvalue weighted by Gasteiger charge is 2.13. The lowest BCUT2D eigenvalue weighted by atomic mass is 10.1. The SMILES string of the molecule is CC.CC.CC.COC(=O)c1ccc(Cc2ccc(C(=O)c3ccc(OC(F)F)cc3)[nH]2)cc1. The van der Waals surface area contributed by atoms with Gasteiger partial charge in [-0.3, -0.25) is 4.79 Å². The Labute approximate surface area is 201 Å². The number of hydrogen-bond donors (Lipinski definition) is 1. The number of hydrogen-bond acceptors (Lipinski definition) is 4. The van der Waals surface area contributed by atoms with Crippen molar-refractivity contribution in [2.24, 2.45) is 0 Å². The van der Waals surface area contributed by atoms with E-state index in [0.717, 1.165) is 11.3 Å². The van der Waals surface area contributed by atoms with Crippen molar-refractivity contribution in [1.82, 2.24) is 4.98 Å². The van der Waals surface area contributed by atoms with Crippen molar-refractivity contribution in [3.05, 3.63) is 88.7 Å². The number of carbonyl (C=O) groups is 2. The van der Waals surface area contributed by atoms with Crippen LogP contribution in [-0.4, -0.2) is 30.5 Å². The Hall–Kier alpha value is -3.48. The van der Waals surface area contributed by atoms with Crippen LogP contribution in [0.5, 0.6) is 5.75 Å². The third kappa shape index (κ3) is 9.57. The zero-order valence-electron chi connectivity index (χ0n) is 20.9. The number of H-pyrrole nitrogens is 1. The van der Waals surface area contributed by atoms with Crippen molar-refractivity contribution in [1.29, 1.82) is 0 Å². The van der Waals surface area contributed by atoms with Crippen molar-refractivity contribution in [3.63, 3.8) is 0 Å². The summed E-state index contributed by atoms with van der Waals surface area (Å²) >= 11 is 0. The molecule has 34 heavy (non-hydrogen) atoms. The van der Waals surface area contributed by atoms with Gasteiger partial charge in [-0.15, -0.1) is 0 Å². The first-order valence-electron chi connectivity index (χ1n) is 11.4. The Morgan fingerprint density at radius 1 is 0.794 bits per heavy atom. The van der Waals surface area contributed by atoms with Gasteiger partial charge in [-0.2, -0.15) is 8.78 Å². The number of aromatic nitrogens is 1. The molecule has 1 N–H and O–H groups in total. The fourth-order valence-electron chi connectivity index (χ4n) is 2.72. The molecule has 2 aromatic carbocycles. The summed E-state index contributed by atoms with van der Waals surface area (Å²) in [4.78, 5) is 27.0. The number of benzene rings is 2. The molecule has 5 nitrogen and oxygen atoms in total. The maximum absolute atomic E-state index is 12.5. The quantitative estimate of drug-likeness (QED) is 0.287. The van der Waals surface area contributed by atoms with Crippen molar-refractivity contribution in [2.45, 2.75) is 54.6 Å². The maximum Gasteiger partial charge on any atom is 0.387 e. The summed E-state index contributed by atoms with van der Waals surface area (Å²) in [6.45, 7) is 9.09. The van der Waals surface area contributed by atoms with Crippen molar-refractivity contribution >= 4 is 11.8 Å². The summed E-state index contributed by atoms with van der Waals surface area (Å²) in [6, 6.07) is 16.0. The fourth-order valence-corrected chi connectivity index (χ4v) is 2.72. The third-order valence-electron chi connectivity index (χ3n) is 4.10. The number of halogens is 2. The van der Waals surface area contributed by atoms with Crippen LogP contribution in [0.2, 0.25) is 0 Å². The van der Waals surface area contributed by atoms with Gasteiger partial charge in [0.1, 0.15) is 5.75 Å². The second kappa shape index (κ2) is 17.1. The highest BCUT2D eigenvalue weighted by Crippen LogP contribution is 2.18. The first kappa shape index (κ1) is 30.5. The van der Waals surface area contributed by atoms with E-state index in [1.165, 1.54) is 31.4 Å². The van der Waals surface area contributed by atoms with E-state index in [0.29, 0.717) is 23.2 Å². The molecule has 0 aliphatic carbocycles. The number of rotatable bonds is 7. The third-order valence-corrected chi connectivity index (χ3v) is 4.10. The molecule has 0 saturated carbocycles. The number of methoxy groups -OCH3 is 1. The summed E-state index contributed by atoms with van der Waals surface area (Å²) in [6.07, 6.45) is 0.551. The molecule has 1 aromatic heterocycles. The van der Waals surface area contributed by atoms with Gasteiger partial charge in [-0.25, -0.2) is 4.79 Å². The van der Waals surface area contributed by atoms with Crippen LogP contribution in [0.1, 0.15) is 79.2 Å². The summed E-state index contributed by atoms with van der Waals surface area (Å²) in [7, 11) is 1.33. The van der Waals surface area contributed by atoms with E-state index in [4.69, 9.17) is 0 Å². The standard InChI is InChI=1S/C21H17F2NO4.3C2H6/c1-27-20(26)15-4-2-13(3-5-15)12-16-8-11-18(24-16)19(25)14-6-9-17(10-7-14)28-21(22)23;3*1-2/h2-11,21,24H,12H2,1H3;3*1-2H3. The molecule has 0 fully saturated rings. The van der Waals surface area contributed by atoms with Crippen molar-refractivity contribution in [3.8, 4) is 5.75 Å². The molecule has 0 aliphatic heterocycles. The van der Waals surface area contributed by atoms with Crippen LogP contribution < -0.4 is 4.74 Å². The molecule has 0 atom stereocenters. The normalized spacial score (nSPS) is 9.35. The van der Waals surface area contributed by atoms with E-state index in [9.17, 15) is 18.4 Å². The molecule has 0 spiro atoms. The first-order valence-corrected chi connectivity index (χ1v) is 11.4. The van der Waals surface area contributed by atoms with Gasteiger partial charge in [0, 0.05) is 17.7 Å². The molecular weight excluding hydrogens is 440 g/mol. The molecule has 0 saturated heterocycles. The zero-order valence-corrected chi connectivity index (χ0v) is 20.9. The molecular formula is C27H35F2NO4. The molecule has 0 aliphatic rings. The molecule has 0 amide bonds. The minimum absolute atomic E-state index is 0.00544. The number of ether oxygens (including phenoxy) is 2. The van der Waals surface area contributed by atoms with Crippen LogP contribution >= 0.6 is 0 Å². The van der Waals surface area contributed by atoms with Crippen LogP contribution in [-0.2, 0) is 11.2 Å². The maximum atomic E-state index is 12.5. The average molecular weight is 476 g/mol. The van der Waals surface area contributed by atoms with E-state index in [1.54, 1.807) is 24.3 Å². The molecule has 0 bridgehead atoms. The van der Waals surface area contributed by atoms with Gasteiger partial charge in [-0.05, 0) is 54.1 Å². The molecule has 0 radical (unpaired) electrons. The van der Waals surface area contributed by atoms with Crippen LogP contribution in [0.15, 0.2) is 60.7 Å². The van der Waals surface area contributed by atoms with E-state index in [2.05, 4.69) is 14.5 Å². The Kier molecular flexibility index (Phi) is 15.3. The first-order chi connectivity index (χ1) is 16.5. The Morgan fingerprint density at radius 2 is 1.32 bits per heavy atom. The Bertz CT molecular complexity index is 965. The van der Waals surface area contributed by atoms with Crippen LogP contribution in [0.25, 0.3) is 0 Å². The molecule has 7 heteroatoms. The lowest BCUT2D eigenvalue weighted by molar-refractivity contribution is -0.0498. The molecule has 3 rings (SSSR count). The van der Waals surface area contributed by atoms with E-state index in [1.807, 2.05) is 53.7 Å². The van der Waals surface area contributed by atoms with Gasteiger partial charge in [0.05, 0.1) is 18.4 Å². The highest BCUT2D eigenvalue weighted by molar-refractivity contribution is 6.07. The Morgan fingerprint density at radius 3 is 1.82 bits per heavy atom. The molecule has 1 heterocycles. The predicted molar refractivity (Wildman–Crippen MR) is 132 cm³/mol. The van der Waals surface area contributed by atoms with Gasteiger partial charge in [-0.1, -0.05) is 53.7 Å². The van der Waals surface area contributed by atoms with Gasteiger partial charge >= 0.3 is 12.6 Å². The second-order valence-corrected chi connectivity index (χ2v) is 5.99. The van der Waals surface area contributed by atoms with Crippen LogP contribution in [0.4, 0.5) is 8.78 Å².